The summed E-state index contributed by atoms with van der Waals surface area (Å²) in [5, 5.41) is 13.0. The van der Waals surface area contributed by atoms with E-state index in [9.17, 15) is 9.59 Å². The number of carboxylic acid groups (broad SMARTS) is 1. The van der Waals surface area contributed by atoms with Crippen LogP contribution in [0.5, 0.6) is 5.75 Å². The van der Waals surface area contributed by atoms with Gasteiger partial charge >= 0.3 is 5.97 Å². The Hall–Kier alpha value is -2.54. The van der Waals surface area contributed by atoms with Crippen LogP contribution < -0.4 is 9.64 Å². The van der Waals surface area contributed by atoms with E-state index in [1.807, 2.05) is 0 Å². The number of aromatic nitrogens is 2. The summed E-state index contributed by atoms with van der Waals surface area (Å²) in [4.78, 5) is 24.4. The van der Waals surface area contributed by atoms with Crippen molar-refractivity contribution < 1.29 is 19.4 Å². The van der Waals surface area contributed by atoms with Crippen LogP contribution in [-0.2, 0) is 11.8 Å². The molecule has 2 aromatic rings. The van der Waals surface area contributed by atoms with Crippen molar-refractivity contribution in [3.8, 4) is 5.75 Å². The molecule has 0 fully saturated rings. The van der Waals surface area contributed by atoms with Gasteiger partial charge in [0, 0.05) is 19.8 Å². The summed E-state index contributed by atoms with van der Waals surface area (Å²) in [5.41, 5.74) is 1.50. The van der Waals surface area contributed by atoms with Gasteiger partial charge in [0.05, 0.1) is 10.7 Å². The molecule has 0 radical (unpaired) electrons. The van der Waals surface area contributed by atoms with Crippen LogP contribution in [0.2, 0.25) is 5.02 Å². The van der Waals surface area contributed by atoms with Gasteiger partial charge in [0.15, 0.2) is 12.3 Å². The molecule has 0 aliphatic heterocycles. The first-order valence-corrected chi connectivity index (χ1v) is 7.11. The molecule has 23 heavy (non-hydrogen) atoms. The molecule has 0 spiro atoms. The van der Waals surface area contributed by atoms with Gasteiger partial charge in [0.25, 0.3) is 5.91 Å². The maximum atomic E-state index is 12.5. The van der Waals surface area contributed by atoms with Crippen molar-refractivity contribution in [1.29, 1.82) is 0 Å². The van der Waals surface area contributed by atoms with Crippen molar-refractivity contribution in [2.45, 2.75) is 6.92 Å². The molecule has 1 heterocycles. The number of benzene rings is 1. The summed E-state index contributed by atoms with van der Waals surface area (Å²) in [6, 6.07) is 6.48. The quantitative estimate of drug-likeness (QED) is 0.903. The summed E-state index contributed by atoms with van der Waals surface area (Å²) < 4.78 is 6.59. The Balaban J connectivity index is 2.16. The maximum absolute atomic E-state index is 12.5. The molecule has 0 aliphatic carbocycles. The molecule has 2 rings (SSSR count). The first-order valence-electron chi connectivity index (χ1n) is 6.73. The molecule has 0 unspecified atom stereocenters. The highest BCUT2D eigenvalue weighted by atomic mass is 35.5. The van der Waals surface area contributed by atoms with Crippen LogP contribution in [-0.4, -0.2) is 40.4 Å². The van der Waals surface area contributed by atoms with Gasteiger partial charge in [-0.25, -0.2) is 4.79 Å². The van der Waals surface area contributed by atoms with E-state index in [0.717, 1.165) is 0 Å². The number of nitrogens with zero attached hydrogens (tertiary/aromatic N) is 3. The summed E-state index contributed by atoms with van der Waals surface area (Å²) in [6.07, 6.45) is 0. The van der Waals surface area contributed by atoms with Gasteiger partial charge in [-0.3, -0.25) is 9.48 Å². The highest BCUT2D eigenvalue weighted by Crippen LogP contribution is 2.24. The first-order chi connectivity index (χ1) is 10.8. The molecule has 0 aliphatic rings. The number of aliphatic carboxylic acids is 1. The van der Waals surface area contributed by atoms with Crippen molar-refractivity contribution >= 4 is 29.2 Å². The number of carboxylic acids is 1. The minimum atomic E-state index is -1.05. The number of aryl methyl sites for hydroxylation is 1. The Morgan fingerprint density at radius 3 is 2.43 bits per heavy atom. The van der Waals surface area contributed by atoms with Crippen LogP contribution in [0, 0.1) is 6.92 Å². The average molecular weight is 338 g/mol. The van der Waals surface area contributed by atoms with E-state index in [2.05, 4.69) is 5.10 Å². The van der Waals surface area contributed by atoms with Crippen molar-refractivity contribution in [3.63, 3.8) is 0 Å². The van der Waals surface area contributed by atoms with E-state index >= 15 is 0 Å². The van der Waals surface area contributed by atoms with Gasteiger partial charge in [0.2, 0.25) is 0 Å². The highest BCUT2D eigenvalue weighted by molar-refractivity contribution is 6.34. The number of ether oxygens (including phenoxy) is 1. The lowest BCUT2D eigenvalue weighted by atomic mass is 10.2. The predicted molar refractivity (Wildman–Crippen MR) is 85.3 cm³/mol. The van der Waals surface area contributed by atoms with E-state index in [-0.39, 0.29) is 11.6 Å². The Morgan fingerprint density at radius 1 is 1.35 bits per heavy atom. The standard InChI is InChI=1S/C15H16ClN3O4/c1-9-13(16)14(17-19(9)3)15(22)18(2)10-4-6-11(7-5-10)23-8-12(20)21/h4-7H,8H2,1-3H3,(H,20,21). The van der Waals surface area contributed by atoms with Gasteiger partial charge in [-0.05, 0) is 31.2 Å². The lowest BCUT2D eigenvalue weighted by Gasteiger charge is -2.16. The minimum absolute atomic E-state index is 0.181. The molecule has 1 N–H and O–H groups in total. The monoisotopic (exact) mass is 337 g/mol. The molecule has 8 heteroatoms. The number of carbonyl (C=O) groups is 2. The second-order valence-electron chi connectivity index (χ2n) is 4.91. The number of anilines is 1. The van der Waals surface area contributed by atoms with Gasteiger partial charge in [-0.15, -0.1) is 0 Å². The molecule has 0 bridgehead atoms. The zero-order valence-electron chi connectivity index (χ0n) is 12.9. The summed E-state index contributed by atoms with van der Waals surface area (Å²) in [5.74, 6) is -0.983. The Labute approximate surface area is 138 Å². The number of hydrogen-bond donors (Lipinski definition) is 1. The smallest absolute Gasteiger partial charge is 0.341 e. The lowest BCUT2D eigenvalue weighted by molar-refractivity contribution is -0.139. The number of halogens is 1. The topological polar surface area (TPSA) is 84.7 Å². The fraction of sp³-hybridized carbons (Fsp3) is 0.267. The van der Waals surface area contributed by atoms with Crippen molar-refractivity contribution in [2.24, 2.45) is 7.05 Å². The Bertz CT molecular complexity index is 740. The highest BCUT2D eigenvalue weighted by Gasteiger charge is 2.22. The van der Waals surface area contributed by atoms with Gasteiger partial charge in [-0.1, -0.05) is 11.6 Å². The fourth-order valence-corrected chi connectivity index (χ4v) is 2.15. The SMILES string of the molecule is Cc1c(Cl)c(C(=O)N(C)c2ccc(OCC(=O)O)cc2)nn1C. The second kappa shape index (κ2) is 6.70. The first kappa shape index (κ1) is 16.8. The van der Waals surface area contributed by atoms with E-state index in [1.165, 1.54) is 4.90 Å². The molecule has 122 valence electrons. The minimum Gasteiger partial charge on any atom is -0.482 e. The molecule has 0 saturated carbocycles. The molecule has 1 aromatic heterocycles. The van der Waals surface area contributed by atoms with Crippen LogP contribution in [0.1, 0.15) is 16.2 Å². The summed E-state index contributed by atoms with van der Waals surface area (Å²) >= 11 is 6.13. The zero-order chi connectivity index (χ0) is 17.1. The molecule has 7 nitrogen and oxygen atoms in total. The molecular formula is C15H16ClN3O4. The average Bonchev–Trinajstić information content (AvgIpc) is 2.79. The van der Waals surface area contributed by atoms with E-state index < -0.39 is 12.6 Å². The molecular weight excluding hydrogens is 322 g/mol. The largest absolute Gasteiger partial charge is 0.482 e. The van der Waals surface area contributed by atoms with Gasteiger partial charge in [0.1, 0.15) is 5.75 Å². The van der Waals surface area contributed by atoms with Crippen LogP contribution in [0.4, 0.5) is 5.69 Å². The number of rotatable bonds is 5. The van der Waals surface area contributed by atoms with Gasteiger partial charge < -0.3 is 14.7 Å². The molecule has 0 atom stereocenters. The van der Waals surface area contributed by atoms with E-state index in [4.69, 9.17) is 21.4 Å². The summed E-state index contributed by atoms with van der Waals surface area (Å²) in [6.45, 7) is 1.36. The van der Waals surface area contributed by atoms with Crippen molar-refractivity contribution in [2.75, 3.05) is 18.6 Å². The Kier molecular flexibility index (Phi) is 4.90. The third-order valence-corrected chi connectivity index (χ3v) is 3.81. The van der Waals surface area contributed by atoms with Crippen molar-refractivity contribution in [1.82, 2.24) is 9.78 Å². The van der Waals surface area contributed by atoms with Crippen LogP contribution in [0.3, 0.4) is 0 Å². The second-order valence-corrected chi connectivity index (χ2v) is 5.29. The molecule has 0 saturated heterocycles. The van der Waals surface area contributed by atoms with Gasteiger partial charge in [-0.2, -0.15) is 5.10 Å². The number of amides is 1. The fourth-order valence-electron chi connectivity index (χ4n) is 1.91. The normalized spacial score (nSPS) is 10.4. The molecule has 1 amide bonds. The van der Waals surface area contributed by atoms with Crippen LogP contribution in [0.25, 0.3) is 0 Å². The summed E-state index contributed by atoms with van der Waals surface area (Å²) in [7, 11) is 3.32. The van der Waals surface area contributed by atoms with Crippen LogP contribution in [0.15, 0.2) is 24.3 Å². The zero-order valence-corrected chi connectivity index (χ0v) is 13.7. The maximum Gasteiger partial charge on any atom is 0.341 e. The number of hydrogen-bond acceptors (Lipinski definition) is 4. The lowest BCUT2D eigenvalue weighted by Crippen LogP contribution is -2.27. The van der Waals surface area contributed by atoms with E-state index in [1.54, 1.807) is 50.0 Å². The van der Waals surface area contributed by atoms with E-state index in [0.29, 0.717) is 22.2 Å². The predicted octanol–water partition coefficient (Wildman–Crippen LogP) is 2.12. The molecule has 1 aromatic carbocycles. The Morgan fingerprint density at radius 2 is 1.96 bits per heavy atom. The van der Waals surface area contributed by atoms with Crippen LogP contribution >= 0.6 is 11.6 Å². The number of carbonyl (C=O) groups excluding carboxylic acids is 1. The van der Waals surface area contributed by atoms with Crippen molar-refractivity contribution in [3.05, 3.63) is 40.7 Å². The third-order valence-electron chi connectivity index (χ3n) is 3.35. The third kappa shape index (κ3) is 3.62.